The van der Waals surface area contributed by atoms with E-state index in [9.17, 15) is 4.79 Å². The van der Waals surface area contributed by atoms with Gasteiger partial charge in [-0.25, -0.2) is 0 Å². The van der Waals surface area contributed by atoms with Crippen LogP contribution in [0.3, 0.4) is 0 Å². The van der Waals surface area contributed by atoms with E-state index in [1.807, 2.05) is 0 Å². The number of rotatable bonds is 5. The fraction of sp³-hybridized carbons (Fsp3) is 0.105. The number of halogens is 1. The molecule has 0 aliphatic heterocycles. The minimum Gasteiger partial charge on any atom is -0.497 e. The standard InChI is InChI=1S/C19H16ClNO4/c1-23-15-5-3-4-14(11-15)21-18(22)7-6-16-9-12-8-13(20)10-17(24-2)19(12)25-16/h3-11H,1-2H3,(H,21,22)/b7-6+. The molecule has 1 amide bonds. The monoisotopic (exact) mass is 357 g/mol. The second-order valence-corrected chi connectivity index (χ2v) is 5.67. The van der Waals surface area contributed by atoms with Gasteiger partial charge in [0.25, 0.3) is 0 Å². The summed E-state index contributed by atoms with van der Waals surface area (Å²) in [6, 6.07) is 12.4. The van der Waals surface area contributed by atoms with Crippen LogP contribution >= 0.6 is 11.6 Å². The molecule has 0 bridgehead atoms. The van der Waals surface area contributed by atoms with Gasteiger partial charge >= 0.3 is 0 Å². The molecule has 0 unspecified atom stereocenters. The van der Waals surface area contributed by atoms with Crippen molar-refractivity contribution in [1.82, 2.24) is 0 Å². The largest absolute Gasteiger partial charge is 0.497 e. The van der Waals surface area contributed by atoms with Gasteiger partial charge in [-0.05, 0) is 30.3 Å². The summed E-state index contributed by atoms with van der Waals surface area (Å²) in [7, 11) is 3.12. The Morgan fingerprint density at radius 2 is 2.00 bits per heavy atom. The van der Waals surface area contributed by atoms with E-state index in [0.717, 1.165) is 5.39 Å². The first-order chi connectivity index (χ1) is 12.1. The van der Waals surface area contributed by atoms with Crippen LogP contribution in [0.1, 0.15) is 5.76 Å². The van der Waals surface area contributed by atoms with E-state index in [-0.39, 0.29) is 5.91 Å². The number of ether oxygens (including phenoxy) is 2. The Kier molecular flexibility index (Phi) is 4.95. The molecule has 1 aromatic heterocycles. The van der Waals surface area contributed by atoms with Gasteiger partial charge in [0.15, 0.2) is 11.3 Å². The van der Waals surface area contributed by atoms with Crippen molar-refractivity contribution in [2.45, 2.75) is 0 Å². The van der Waals surface area contributed by atoms with E-state index >= 15 is 0 Å². The molecule has 0 atom stereocenters. The van der Waals surface area contributed by atoms with Crippen LogP contribution in [-0.4, -0.2) is 20.1 Å². The van der Waals surface area contributed by atoms with E-state index in [0.29, 0.717) is 33.6 Å². The van der Waals surface area contributed by atoms with Gasteiger partial charge in [-0.3, -0.25) is 4.79 Å². The number of anilines is 1. The Hall–Kier alpha value is -2.92. The topological polar surface area (TPSA) is 60.7 Å². The molecule has 2 aromatic carbocycles. The van der Waals surface area contributed by atoms with E-state index in [2.05, 4.69) is 5.32 Å². The van der Waals surface area contributed by atoms with Gasteiger partial charge < -0.3 is 19.2 Å². The maximum Gasteiger partial charge on any atom is 0.248 e. The minimum absolute atomic E-state index is 0.279. The third-order valence-electron chi connectivity index (χ3n) is 3.52. The van der Waals surface area contributed by atoms with Crippen LogP contribution in [0.4, 0.5) is 5.69 Å². The number of carbonyl (C=O) groups excluding carboxylic acids is 1. The first-order valence-corrected chi connectivity index (χ1v) is 7.87. The van der Waals surface area contributed by atoms with Gasteiger partial charge in [-0.15, -0.1) is 0 Å². The third-order valence-corrected chi connectivity index (χ3v) is 3.74. The van der Waals surface area contributed by atoms with Crippen molar-refractivity contribution in [3.63, 3.8) is 0 Å². The quantitative estimate of drug-likeness (QED) is 0.669. The van der Waals surface area contributed by atoms with Gasteiger partial charge in [0, 0.05) is 34.3 Å². The molecular weight excluding hydrogens is 342 g/mol. The molecule has 0 fully saturated rings. The van der Waals surface area contributed by atoms with Crippen molar-refractivity contribution in [1.29, 1.82) is 0 Å². The number of fused-ring (bicyclic) bond motifs is 1. The number of methoxy groups -OCH3 is 2. The lowest BCUT2D eigenvalue weighted by atomic mass is 10.2. The molecule has 0 saturated carbocycles. The molecule has 128 valence electrons. The van der Waals surface area contributed by atoms with Crippen LogP contribution in [0.2, 0.25) is 5.02 Å². The maximum atomic E-state index is 12.1. The Bertz CT molecular complexity index is 946. The van der Waals surface area contributed by atoms with Crippen molar-refractivity contribution in [3.8, 4) is 11.5 Å². The number of carbonyl (C=O) groups is 1. The fourth-order valence-corrected chi connectivity index (χ4v) is 2.60. The summed E-state index contributed by atoms with van der Waals surface area (Å²) in [6.07, 6.45) is 2.98. The number of amides is 1. The lowest BCUT2D eigenvalue weighted by Crippen LogP contribution is -2.07. The van der Waals surface area contributed by atoms with Crippen LogP contribution in [0, 0.1) is 0 Å². The molecule has 25 heavy (non-hydrogen) atoms. The van der Waals surface area contributed by atoms with Gasteiger partial charge in [0.05, 0.1) is 14.2 Å². The summed E-state index contributed by atoms with van der Waals surface area (Å²) < 4.78 is 16.1. The van der Waals surface area contributed by atoms with Crippen LogP contribution < -0.4 is 14.8 Å². The van der Waals surface area contributed by atoms with E-state index in [1.165, 1.54) is 6.08 Å². The third kappa shape index (κ3) is 3.95. The lowest BCUT2D eigenvalue weighted by Gasteiger charge is -2.04. The molecule has 1 N–H and O–H groups in total. The first kappa shape index (κ1) is 16.9. The first-order valence-electron chi connectivity index (χ1n) is 7.49. The molecule has 0 spiro atoms. The highest BCUT2D eigenvalue weighted by atomic mass is 35.5. The smallest absolute Gasteiger partial charge is 0.248 e. The van der Waals surface area contributed by atoms with Gasteiger partial charge in [-0.1, -0.05) is 17.7 Å². The zero-order valence-corrected chi connectivity index (χ0v) is 14.5. The van der Waals surface area contributed by atoms with Gasteiger partial charge in [0.2, 0.25) is 5.91 Å². The average Bonchev–Trinajstić information content (AvgIpc) is 3.02. The number of hydrogen-bond acceptors (Lipinski definition) is 4. The highest BCUT2D eigenvalue weighted by Crippen LogP contribution is 2.32. The molecule has 5 nitrogen and oxygen atoms in total. The molecule has 6 heteroatoms. The van der Waals surface area contributed by atoms with Crippen molar-refractivity contribution in [2.24, 2.45) is 0 Å². The predicted molar refractivity (Wildman–Crippen MR) is 98.4 cm³/mol. The highest BCUT2D eigenvalue weighted by Gasteiger charge is 2.09. The number of benzene rings is 2. The number of nitrogens with one attached hydrogen (secondary N) is 1. The van der Waals surface area contributed by atoms with Gasteiger partial charge in [-0.2, -0.15) is 0 Å². The zero-order chi connectivity index (χ0) is 17.8. The Labute approximate surface area is 149 Å². The molecule has 1 heterocycles. The molecule has 3 rings (SSSR count). The maximum absolute atomic E-state index is 12.1. The van der Waals surface area contributed by atoms with Crippen LogP contribution in [0.5, 0.6) is 11.5 Å². The van der Waals surface area contributed by atoms with Crippen LogP contribution in [0.15, 0.2) is 53.0 Å². The number of hydrogen-bond donors (Lipinski definition) is 1. The van der Waals surface area contributed by atoms with Crippen LogP contribution in [-0.2, 0) is 4.79 Å². The predicted octanol–water partition coefficient (Wildman–Crippen LogP) is 4.76. The molecule has 0 radical (unpaired) electrons. The Morgan fingerprint density at radius 1 is 1.16 bits per heavy atom. The van der Waals surface area contributed by atoms with E-state index < -0.39 is 0 Å². The fourth-order valence-electron chi connectivity index (χ4n) is 2.38. The summed E-state index contributed by atoms with van der Waals surface area (Å²) >= 11 is 6.04. The van der Waals surface area contributed by atoms with Crippen molar-refractivity contribution < 1.29 is 18.7 Å². The molecule has 0 aliphatic carbocycles. The average molecular weight is 358 g/mol. The summed E-state index contributed by atoms with van der Waals surface area (Å²) in [5.41, 5.74) is 1.23. The highest BCUT2D eigenvalue weighted by molar-refractivity contribution is 6.31. The Morgan fingerprint density at radius 3 is 2.76 bits per heavy atom. The SMILES string of the molecule is COc1cccc(NC(=O)/C=C/c2cc3cc(Cl)cc(OC)c3o2)c1. The second kappa shape index (κ2) is 7.32. The molecule has 0 saturated heterocycles. The van der Waals surface area contributed by atoms with Crippen molar-refractivity contribution in [2.75, 3.05) is 19.5 Å². The van der Waals surface area contributed by atoms with E-state index in [1.54, 1.807) is 62.8 Å². The lowest BCUT2D eigenvalue weighted by molar-refractivity contribution is -0.111. The summed E-state index contributed by atoms with van der Waals surface area (Å²) in [5.74, 6) is 1.46. The van der Waals surface area contributed by atoms with Crippen LogP contribution in [0.25, 0.3) is 17.0 Å². The van der Waals surface area contributed by atoms with Crippen molar-refractivity contribution >= 4 is 40.2 Å². The summed E-state index contributed by atoms with van der Waals surface area (Å²) in [6.45, 7) is 0. The van der Waals surface area contributed by atoms with E-state index in [4.69, 9.17) is 25.5 Å². The Balaban J connectivity index is 1.77. The molecule has 0 aliphatic rings. The second-order valence-electron chi connectivity index (χ2n) is 5.23. The summed E-state index contributed by atoms with van der Waals surface area (Å²) in [5, 5.41) is 4.11. The van der Waals surface area contributed by atoms with Crippen molar-refractivity contribution in [3.05, 3.63) is 59.3 Å². The molecular formula is C19H16ClNO4. The summed E-state index contributed by atoms with van der Waals surface area (Å²) in [4.78, 5) is 12.1. The normalized spacial score (nSPS) is 11.0. The zero-order valence-electron chi connectivity index (χ0n) is 13.7. The van der Waals surface area contributed by atoms with Gasteiger partial charge in [0.1, 0.15) is 11.5 Å². The number of furan rings is 1. The molecule has 3 aromatic rings. The minimum atomic E-state index is -0.279.